The summed E-state index contributed by atoms with van der Waals surface area (Å²) in [6.07, 6.45) is 1.12. The van der Waals surface area contributed by atoms with E-state index in [0.29, 0.717) is 25.9 Å². The van der Waals surface area contributed by atoms with E-state index in [0.717, 1.165) is 28.3 Å². The van der Waals surface area contributed by atoms with Crippen LogP contribution >= 0.6 is 0 Å². The van der Waals surface area contributed by atoms with E-state index in [-0.39, 0.29) is 18.7 Å². The number of phenolic OH excluding ortho intramolecular Hbond substituents is 3. The highest BCUT2D eigenvalue weighted by molar-refractivity contribution is 7.89. The summed E-state index contributed by atoms with van der Waals surface area (Å²) in [4.78, 5) is 14.2. The van der Waals surface area contributed by atoms with Gasteiger partial charge in [0.1, 0.15) is 4.90 Å². The van der Waals surface area contributed by atoms with Gasteiger partial charge in [0.05, 0.1) is 5.56 Å². The summed E-state index contributed by atoms with van der Waals surface area (Å²) < 4.78 is 28.1. The maximum Gasteiger partial charge on any atom is 0.258 e. The second-order valence-corrected chi connectivity index (χ2v) is 10.5. The molecule has 2 aliphatic heterocycles. The predicted molar refractivity (Wildman–Crippen MR) is 124 cm³/mol. The van der Waals surface area contributed by atoms with Crippen LogP contribution in [0.4, 0.5) is 0 Å². The molecule has 3 aromatic rings. The smallest absolute Gasteiger partial charge is 0.258 e. The summed E-state index contributed by atoms with van der Waals surface area (Å²) in [5.41, 5.74) is 3.61. The van der Waals surface area contributed by atoms with Crippen LogP contribution in [-0.2, 0) is 36.0 Å². The van der Waals surface area contributed by atoms with Gasteiger partial charge in [-0.05, 0) is 41.2 Å². The van der Waals surface area contributed by atoms with Crippen LogP contribution in [0.15, 0.2) is 59.5 Å². The number of sulfonamides is 1. The SMILES string of the molecule is O=C(c1cc(S(=O)(=O)N2CCc3ccccc3C2)c(O)c(O)c1O)N1CCc2ccccc2C1. The molecule has 3 aromatic carbocycles. The number of nitrogens with zero attached hydrogens (tertiary/aromatic N) is 2. The number of hydrogen-bond acceptors (Lipinski definition) is 6. The molecule has 2 aliphatic rings. The minimum atomic E-state index is -4.27. The summed E-state index contributed by atoms with van der Waals surface area (Å²) in [5, 5.41) is 31.2. The molecule has 5 rings (SSSR count). The van der Waals surface area contributed by atoms with Gasteiger partial charge in [0, 0.05) is 26.2 Å². The van der Waals surface area contributed by atoms with Crippen LogP contribution in [-0.4, -0.2) is 51.9 Å². The molecule has 0 radical (unpaired) electrons. The van der Waals surface area contributed by atoms with Crippen LogP contribution in [0.2, 0.25) is 0 Å². The molecule has 8 nitrogen and oxygen atoms in total. The molecule has 176 valence electrons. The number of fused-ring (bicyclic) bond motifs is 2. The fourth-order valence-corrected chi connectivity index (χ4v) is 6.16. The Hall–Kier alpha value is -3.56. The Balaban J connectivity index is 1.50. The number of carbonyl (C=O) groups is 1. The fourth-order valence-electron chi connectivity index (χ4n) is 4.64. The van der Waals surface area contributed by atoms with Crippen molar-refractivity contribution in [3.05, 3.63) is 82.4 Å². The fraction of sp³-hybridized carbons (Fsp3) is 0.240. The first-order chi connectivity index (χ1) is 16.3. The predicted octanol–water partition coefficient (Wildman–Crippen LogP) is 2.75. The number of hydrogen-bond donors (Lipinski definition) is 3. The summed E-state index contributed by atoms with van der Waals surface area (Å²) in [5.74, 6) is -3.47. The minimum absolute atomic E-state index is 0.103. The molecule has 0 aliphatic carbocycles. The quantitative estimate of drug-likeness (QED) is 0.496. The first-order valence-electron chi connectivity index (χ1n) is 11.0. The summed E-state index contributed by atoms with van der Waals surface area (Å²) in [6.45, 7) is 0.960. The number of benzene rings is 3. The third kappa shape index (κ3) is 3.66. The molecule has 34 heavy (non-hydrogen) atoms. The zero-order valence-corrected chi connectivity index (χ0v) is 19.1. The maximum atomic E-state index is 13.4. The van der Waals surface area contributed by atoms with Gasteiger partial charge in [-0.25, -0.2) is 8.42 Å². The van der Waals surface area contributed by atoms with Gasteiger partial charge in [-0.1, -0.05) is 48.5 Å². The van der Waals surface area contributed by atoms with Crippen molar-refractivity contribution in [2.24, 2.45) is 0 Å². The molecular formula is C25H24N2O6S. The van der Waals surface area contributed by atoms with Gasteiger partial charge >= 0.3 is 0 Å². The zero-order chi connectivity index (χ0) is 24.0. The Morgan fingerprint density at radius 2 is 1.29 bits per heavy atom. The lowest BCUT2D eigenvalue weighted by Gasteiger charge is -2.30. The van der Waals surface area contributed by atoms with E-state index in [1.165, 1.54) is 9.21 Å². The van der Waals surface area contributed by atoms with E-state index in [9.17, 15) is 28.5 Å². The first kappa shape index (κ1) is 22.2. The summed E-state index contributed by atoms with van der Waals surface area (Å²) >= 11 is 0. The Morgan fingerprint density at radius 1 is 0.735 bits per heavy atom. The first-order valence-corrected chi connectivity index (χ1v) is 12.4. The number of phenols is 3. The van der Waals surface area contributed by atoms with Crippen molar-refractivity contribution in [1.82, 2.24) is 9.21 Å². The Morgan fingerprint density at radius 3 is 1.94 bits per heavy atom. The lowest BCUT2D eigenvalue weighted by atomic mass is 9.99. The molecule has 3 N–H and O–H groups in total. The van der Waals surface area contributed by atoms with E-state index in [1.54, 1.807) is 0 Å². The molecule has 0 atom stereocenters. The lowest BCUT2D eigenvalue weighted by molar-refractivity contribution is 0.0730. The van der Waals surface area contributed by atoms with E-state index in [1.807, 2.05) is 48.5 Å². The van der Waals surface area contributed by atoms with Crippen molar-refractivity contribution in [3.63, 3.8) is 0 Å². The van der Waals surface area contributed by atoms with Gasteiger partial charge in [0.2, 0.25) is 15.8 Å². The van der Waals surface area contributed by atoms with Crippen LogP contribution in [0.3, 0.4) is 0 Å². The molecule has 2 heterocycles. The number of carbonyl (C=O) groups excluding carboxylic acids is 1. The number of rotatable bonds is 3. The highest BCUT2D eigenvalue weighted by atomic mass is 32.2. The topological polar surface area (TPSA) is 118 Å². The lowest BCUT2D eigenvalue weighted by Crippen LogP contribution is -2.37. The van der Waals surface area contributed by atoms with Crippen molar-refractivity contribution < 1.29 is 28.5 Å². The van der Waals surface area contributed by atoms with Crippen molar-refractivity contribution in [2.45, 2.75) is 30.8 Å². The molecule has 0 saturated carbocycles. The number of amides is 1. The monoisotopic (exact) mass is 480 g/mol. The largest absolute Gasteiger partial charge is 0.504 e. The molecule has 0 aromatic heterocycles. The molecular weight excluding hydrogens is 456 g/mol. The van der Waals surface area contributed by atoms with Crippen molar-refractivity contribution >= 4 is 15.9 Å². The second-order valence-electron chi connectivity index (χ2n) is 8.57. The number of aromatic hydroxyl groups is 3. The summed E-state index contributed by atoms with van der Waals surface area (Å²) in [6, 6.07) is 16.2. The van der Waals surface area contributed by atoms with Gasteiger partial charge in [0.15, 0.2) is 11.5 Å². The third-order valence-electron chi connectivity index (χ3n) is 6.57. The maximum absolute atomic E-state index is 13.4. The van der Waals surface area contributed by atoms with Crippen molar-refractivity contribution in [1.29, 1.82) is 0 Å². The molecule has 0 fully saturated rings. The highest BCUT2D eigenvalue weighted by Gasteiger charge is 2.35. The molecule has 0 unspecified atom stereocenters. The zero-order valence-electron chi connectivity index (χ0n) is 18.3. The average Bonchev–Trinajstić information content (AvgIpc) is 2.86. The van der Waals surface area contributed by atoms with Gasteiger partial charge in [-0.2, -0.15) is 4.31 Å². The van der Waals surface area contributed by atoms with Crippen LogP contribution in [0.1, 0.15) is 32.6 Å². The highest BCUT2D eigenvalue weighted by Crippen LogP contribution is 2.44. The third-order valence-corrected chi connectivity index (χ3v) is 8.43. The van der Waals surface area contributed by atoms with E-state index < -0.39 is 38.1 Å². The Labute approximate surface area is 197 Å². The summed E-state index contributed by atoms with van der Waals surface area (Å²) in [7, 11) is -4.27. The minimum Gasteiger partial charge on any atom is -0.504 e. The van der Waals surface area contributed by atoms with Crippen molar-refractivity contribution in [2.75, 3.05) is 13.1 Å². The normalized spacial score (nSPS) is 16.1. The van der Waals surface area contributed by atoms with Gasteiger partial charge in [0.25, 0.3) is 5.91 Å². The Kier molecular flexibility index (Phi) is 5.45. The molecule has 0 saturated heterocycles. The van der Waals surface area contributed by atoms with Gasteiger partial charge in [-0.3, -0.25) is 4.79 Å². The molecule has 0 bridgehead atoms. The molecule has 0 spiro atoms. The standard InChI is InChI=1S/C25H24N2O6S/c28-22-20(25(31)26-11-9-16-5-1-3-7-18(16)14-26)13-21(23(29)24(22)30)34(32,33)27-12-10-17-6-2-4-8-19(17)15-27/h1-8,13,28-30H,9-12,14-15H2. The van der Waals surface area contributed by atoms with Crippen LogP contribution < -0.4 is 0 Å². The van der Waals surface area contributed by atoms with Crippen LogP contribution in [0.25, 0.3) is 0 Å². The van der Waals surface area contributed by atoms with Crippen LogP contribution in [0.5, 0.6) is 17.2 Å². The Bertz CT molecular complexity index is 1400. The second kappa shape index (κ2) is 8.34. The van der Waals surface area contributed by atoms with Gasteiger partial charge < -0.3 is 20.2 Å². The van der Waals surface area contributed by atoms with Crippen molar-refractivity contribution in [3.8, 4) is 17.2 Å². The molecule has 1 amide bonds. The van der Waals surface area contributed by atoms with Gasteiger partial charge in [-0.15, -0.1) is 0 Å². The van der Waals surface area contributed by atoms with E-state index in [2.05, 4.69) is 0 Å². The van der Waals surface area contributed by atoms with E-state index >= 15 is 0 Å². The average molecular weight is 481 g/mol. The molecule has 9 heteroatoms. The van der Waals surface area contributed by atoms with Crippen LogP contribution in [0, 0.1) is 0 Å². The van der Waals surface area contributed by atoms with E-state index in [4.69, 9.17) is 0 Å².